The van der Waals surface area contributed by atoms with Crippen LogP contribution in [-0.2, 0) is 4.79 Å². The molecule has 0 aliphatic heterocycles. The van der Waals surface area contributed by atoms with E-state index < -0.39 is 23.7 Å². The quantitative estimate of drug-likeness (QED) is 0.898. The summed E-state index contributed by atoms with van der Waals surface area (Å²) >= 11 is 3.11. The van der Waals surface area contributed by atoms with Gasteiger partial charge in [0.2, 0.25) is 0 Å². The van der Waals surface area contributed by atoms with E-state index in [9.17, 15) is 14.0 Å². The average Bonchev–Trinajstić information content (AvgIpc) is 2.24. The second-order valence-electron chi connectivity index (χ2n) is 3.59. The number of halogens is 2. The number of aliphatic carboxylic acids is 1. The number of hydrogen-bond acceptors (Lipinski definition) is 2. The molecule has 0 unspecified atom stereocenters. The molecule has 1 amide bonds. The molecule has 0 saturated carbocycles. The van der Waals surface area contributed by atoms with E-state index in [0.29, 0.717) is 10.0 Å². The molecular weight excluding hydrogens is 293 g/mol. The molecule has 4 nitrogen and oxygen atoms in total. The predicted octanol–water partition coefficient (Wildman–Crippen LogP) is 2.10. The van der Waals surface area contributed by atoms with Gasteiger partial charge in [-0.2, -0.15) is 0 Å². The first kappa shape index (κ1) is 13.6. The summed E-state index contributed by atoms with van der Waals surface area (Å²) in [5.74, 6) is -2.63. The molecule has 0 radical (unpaired) electrons. The van der Waals surface area contributed by atoms with Crippen molar-refractivity contribution in [2.75, 3.05) is 0 Å². The van der Waals surface area contributed by atoms with Crippen LogP contribution in [0.2, 0.25) is 0 Å². The maximum Gasteiger partial charge on any atom is 0.325 e. The first-order valence-electron chi connectivity index (χ1n) is 4.83. The number of aryl methyl sites for hydroxylation is 1. The molecular formula is C11H11BrFNO3. The van der Waals surface area contributed by atoms with Crippen LogP contribution in [0.5, 0.6) is 0 Å². The van der Waals surface area contributed by atoms with Gasteiger partial charge in [-0.15, -0.1) is 0 Å². The molecule has 0 fully saturated rings. The van der Waals surface area contributed by atoms with Gasteiger partial charge in [0.1, 0.15) is 11.9 Å². The molecule has 0 aliphatic carbocycles. The summed E-state index contributed by atoms with van der Waals surface area (Å²) in [6.45, 7) is 3.02. The van der Waals surface area contributed by atoms with Gasteiger partial charge in [0.15, 0.2) is 0 Å². The third kappa shape index (κ3) is 3.03. The summed E-state index contributed by atoms with van der Waals surface area (Å²) in [6, 6.07) is 1.62. The first-order valence-corrected chi connectivity index (χ1v) is 5.62. The summed E-state index contributed by atoms with van der Waals surface area (Å²) in [5, 5.41) is 10.8. The van der Waals surface area contributed by atoms with Crippen molar-refractivity contribution < 1.29 is 19.1 Å². The molecule has 0 heterocycles. The van der Waals surface area contributed by atoms with E-state index >= 15 is 0 Å². The third-order valence-electron chi connectivity index (χ3n) is 2.23. The van der Waals surface area contributed by atoms with Gasteiger partial charge in [-0.25, -0.2) is 4.39 Å². The lowest BCUT2D eigenvalue weighted by Gasteiger charge is -2.12. The summed E-state index contributed by atoms with van der Waals surface area (Å²) in [5.41, 5.74) is 0.512. The van der Waals surface area contributed by atoms with Crippen molar-refractivity contribution >= 4 is 27.8 Å². The van der Waals surface area contributed by atoms with Gasteiger partial charge in [-0.05, 0) is 41.4 Å². The number of hydrogen-bond donors (Lipinski definition) is 2. The number of benzene rings is 1. The van der Waals surface area contributed by atoms with Crippen LogP contribution in [0, 0.1) is 12.7 Å². The van der Waals surface area contributed by atoms with Crippen LogP contribution in [0.1, 0.15) is 22.8 Å². The molecule has 17 heavy (non-hydrogen) atoms. The number of rotatable bonds is 3. The van der Waals surface area contributed by atoms with Gasteiger partial charge >= 0.3 is 5.97 Å². The number of carboxylic acids is 1. The normalized spacial score (nSPS) is 12.0. The van der Waals surface area contributed by atoms with Crippen LogP contribution in [0.3, 0.4) is 0 Å². The second-order valence-corrected chi connectivity index (χ2v) is 4.38. The zero-order valence-corrected chi connectivity index (χ0v) is 10.8. The summed E-state index contributed by atoms with van der Waals surface area (Å²) in [6.07, 6.45) is 0. The van der Waals surface area contributed by atoms with Crippen molar-refractivity contribution in [1.82, 2.24) is 5.32 Å². The standard InChI is InChI=1S/C11H11BrFNO3/c1-5-3-4-7(13)8(9(5)12)10(15)14-6(2)11(16)17/h3-4,6H,1-2H3,(H,14,15)(H,16,17)/t6-/m0/s1. The Hall–Kier alpha value is -1.43. The Bertz CT molecular complexity index is 476. The van der Waals surface area contributed by atoms with Crippen molar-refractivity contribution in [2.24, 2.45) is 0 Å². The van der Waals surface area contributed by atoms with Crippen LogP contribution < -0.4 is 5.32 Å². The third-order valence-corrected chi connectivity index (χ3v) is 3.25. The van der Waals surface area contributed by atoms with Crippen molar-refractivity contribution in [3.8, 4) is 0 Å². The smallest absolute Gasteiger partial charge is 0.325 e. The van der Waals surface area contributed by atoms with Crippen LogP contribution in [0.15, 0.2) is 16.6 Å². The minimum atomic E-state index is -1.18. The highest BCUT2D eigenvalue weighted by Crippen LogP contribution is 2.23. The monoisotopic (exact) mass is 303 g/mol. The van der Waals surface area contributed by atoms with Gasteiger partial charge in [-0.1, -0.05) is 6.07 Å². The van der Waals surface area contributed by atoms with E-state index in [1.807, 2.05) is 0 Å². The Balaban J connectivity index is 3.05. The number of amides is 1. The summed E-state index contributed by atoms with van der Waals surface area (Å²) in [7, 11) is 0. The van der Waals surface area contributed by atoms with E-state index in [2.05, 4.69) is 21.2 Å². The highest BCUT2D eigenvalue weighted by molar-refractivity contribution is 9.10. The molecule has 6 heteroatoms. The summed E-state index contributed by atoms with van der Waals surface area (Å²) < 4.78 is 13.8. The number of carbonyl (C=O) groups is 2. The van der Waals surface area contributed by atoms with Gasteiger partial charge in [0.05, 0.1) is 5.56 Å². The fraction of sp³-hybridized carbons (Fsp3) is 0.273. The van der Waals surface area contributed by atoms with Gasteiger partial charge < -0.3 is 10.4 Å². The largest absolute Gasteiger partial charge is 0.480 e. The minimum absolute atomic E-state index is 0.182. The average molecular weight is 304 g/mol. The van der Waals surface area contributed by atoms with Crippen LogP contribution in [-0.4, -0.2) is 23.0 Å². The maximum atomic E-state index is 13.5. The molecule has 0 aliphatic rings. The second kappa shape index (κ2) is 5.27. The Kier molecular flexibility index (Phi) is 4.22. The van der Waals surface area contributed by atoms with Crippen molar-refractivity contribution in [3.05, 3.63) is 33.5 Å². The molecule has 1 atom stereocenters. The maximum absolute atomic E-state index is 13.5. The van der Waals surface area contributed by atoms with Crippen molar-refractivity contribution in [1.29, 1.82) is 0 Å². The molecule has 0 saturated heterocycles. The molecule has 2 N–H and O–H groups in total. The Morgan fingerprint density at radius 2 is 2.06 bits per heavy atom. The highest BCUT2D eigenvalue weighted by atomic mass is 79.9. The fourth-order valence-electron chi connectivity index (χ4n) is 1.20. The zero-order valence-electron chi connectivity index (χ0n) is 9.25. The van der Waals surface area contributed by atoms with E-state index in [4.69, 9.17) is 5.11 Å². The van der Waals surface area contributed by atoms with E-state index in [0.717, 1.165) is 0 Å². The number of carbonyl (C=O) groups excluding carboxylic acids is 1. The van der Waals surface area contributed by atoms with E-state index in [-0.39, 0.29) is 5.56 Å². The lowest BCUT2D eigenvalue weighted by Crippen LogP contribution is -2.38. The molecule has 1 aromatic carbocycles. The minimum Gasteiger partial charge on any atom is -0.480 e. The lowest BCUT2D eigenvalue weighted by molar-refractivity contribution is -0.138. The molecule has 0 spiro atoms. The Morgan fingerprint density at radius 1 is 1.47 bits per heavy atom. The highest BCUT2D eigenvalue weighted by Gasteiger charge is 2.21. The van der Waals surface area contributed by atoms with Crippen LogP contribution >= 0.6 is 15.9 Å². The fourth-order valence-corrected chi connectivity index (χ4v) is 1.70. The SMILES string of the molecule is Cc1ccc(F)c(C(=O)N[C@@H](C)C(=O)O)c1Br. The molecule has 1 rings (SSSR count). The Morgan fingerprint density at radius 3 is 2.59 bits per heavy atom. The first-order chi connectivity index (χ1) is 7.84. The molecule has 92 valence electrons. The van der Waals surface area contributed by atoms with Crippen molar-refractivity contribution in [3.63, 3.8) is 0 Å². The van der Waals surface area contributed by atoms with Crippen LogP contribution in [0.25, 0.3) is 0 Å². The Labute approximate surface area is 106 Å². The van der Waals surface area contributed by atoms with Crippen molar-refractivity contribution in [2.45, 2.75) is 19.9 Å². The number of carboxylic acid groups (broad SMARTS) is 1. The molecule has 0 aromatic heterocycles. The topological polar surface area (TPSA) is 66.4 Å². The zero-order chi connectivity index (χ0) is 13.2. The van der Waals surface area contributed by atoms with Gasteiger partial charge in [-0.3, -0.25) is 9.59 Å². The van der Waals surface area contributed by atoms with Gasteiger partial charge in [0, 0.05) is 4.47 Å². The summed E-state index contributed by atoms with van der Waals surface area (Å²) in [4.78, 5) is 22.3. The molecule has 0 bridgehead atoms. The number of nitrogens with one attached hydrogen (secondary N) is 1. The van der Waals surface area contributed by atoms with Crippen LogP contribution in [0.4, 0.5) is 4.39 Å². The van der Waals surface area contributed by atoms with E-state index in [1.165, 1.54) is 19.1 Å². The van der Waals surface area contributed by atoms with E-state index in [1.54, 1.807) is 6.92 Å². The lowest BCUT2D eigenvalue weighted by atomic mass is 10.1. The predicted molar refractivity (Wildman–Crippen MR) is 63.4 cm³/mol. The van der Waals surface area contributed by atoms with Gasteiger partial charge in [0.25, 0.3) is 5.91 Å². The molecule has 1 aromatic rings.